The van der Waals surface area contributed by atoms with Crippen LogP contribution in [0, 0.1) is 5.41 Å². The van der Waals surface area contributed by atoms with E-state index in [9.17, 15) is 9.90 Å². The van der Waals surface area contributed by atoms with Gasteiger partial charge in [-0.3, -0.25) is 4.79 Å². The van der Waals surface area contributed by atoms with E-state index in [1.807, 2.05) is 0 Å². The van der Waals surface area contributed by atoms with Gasteiger partial charge in [-0.05, 0) is 36.5 Å². The highest BCUT2D eigenvalue weighted by Crippen LogP contribution is 2.46. The molecule has 0 aromatic heterocycles. The molecule has 0 radical (unpaired) electrons. The van der Waals surface area contributed by atoms with Gasteiger partial charge in [-0.2, -0.15) is 0 Å². The first kappa shape index (κ1) is 12.7. The lowest BCUT2D eigenvalue weighted by molar-refractivity contribution is 0.0944. The number of alkyl halides is 1. The highest BCUT2D eigenvalue weighted by atomic mass is 79.9. The second-order valence-electron chi connectivity index (χ2n) is 4.48. The van der Waals surface area contributed by atoms with E-state index in [0.717, 1.165) is 18.2 Å². The number of benzene rings is 1. The molecule has 0 aliphatic heterocycles. The van der Waals surface area contributed by atoms with Gasteiger partial charge in [0.05, 0.1) is 5.56 Å². The normalized spacial score (nSPS) is 16.6. The van der Waals surface area contributed by atoms with Crippen molar-refractivity contribution in [2.45, 2.75) is 12.8 Å². The molecule has 5 heteroatoms. The average Bonchev–Trinajstić information content (AvgIpc) is 3.10. The minimum Gasteiger partial charge on any atom is -0.507 e. The summed E-state index contributed by atoms with van der Waals surface area (Å²) in [7, 11) is 0. The molecule has 3 nitrogen and oxygen atoms in total. The molecular weight excluding hydrogens is 305 g/mol. The number of nitrogens with one attached hydrogen (secondary N) is 1. The first-order chi connectivity index (χ1) is 8.06. The Kier molecular flexibility index (Phi) is 3.64. The van der Waals surface area contributed by atoms with Crippen LogP contribution < -0.4 is 5.32 Å². The van der Waals surface area contributed by atoms with Gasteiger partial charge in [0.25, 0.3) is 5.91 Å². The molecule has 1 aromatic carbocycles. The van der Waals surface area contributed by atoms with Crippen molar-refractivity contribution in [3.8, 4) is 5.75 Å². The number of halogens is 2. The molecule has 0 atom stereocenters. The highest BCUT2D eigenvalue weighted by molar-refractivity contribution is 9.09. The maximum absolute atomic E-state index is 11.9. The summed E-state index contributed by atoms with van der Waals surface area (Å²) in [4.78, 5) is 11.9. The van der Waals surface area contributed by atoms with Gasteiger partial charge < -0.3 is 10.4 Å². The van der Waals surface area contributed by atoms with E-state index in [4.69, 9.17) is 11.6 Å². The van der Waals surface area contributed by atoms with Crippen molar-refractivity contribution in [2.75, 3.05) is 11.9 Å². The minimum absolute atomic E-state index is 0.0458. The Labute approximate surface area is 113 Å². The molecule has 92 valence electrons. The standard InChI is InChI=1S/C12H13BrClNO2/c13-6-12(3-4-12)7-15-11(17)9-5-8(14)1-2-10(9)16/h1-2,5,16H,3-4,6-7H2,(H,15,17). The smallest absolute Gasteiger partial charge is 0.255 e. The van der Waals surface area contributed by atoms with Crippen LogP contribution in [-0.2, 0) is 0 Å². The number of phenolic OH excluding ortho intramolecular Hbond substituents is 1. The zero-order valence-corrected chi connectivity index (χ0v) is 11.5. The summed E-state index contributed by atoms with van der Waals surface area (Å²) in [5.41, 5.74) is 0.437. The molecule has 1 aliphatic carbocycles. The van der Waals surface area contributed by atoms with E-state index < -0.39 is 0 Å². The van der Waals surface area contributed by atoms with Gasteiger partial charge in [-0.15, -0.1) is 0 Å². The maximum atomic E-state index is 11.9. The first-order valence-corrected chi connectivity index (χ1v) is 6.89. The minimum atomic E-state index is -0.280. The third-order valence-electron chi connectivity index (χ3n) is 3.07. The fraction of sp³-hybridized carbons (Fsp3) is 0.417. The lowest BCUT2D eigenvalue weighted by Crippen LogP contribution is -2.30. The van der Waals surface area contributed by atoms with Crippen LogP contribution in [0.25, 0.3) is 0 Å². The van der Waals surface area contributed by atoms with Crippen molar-refractivity contribution in [1.29, 1.82) is 0 Å². The van der Waals surface area contributed by atoms with Gasteiger partial charge in [-0.1, -0.05) is 27.5 Å². The average molecular weight is 319 g/mol. The molecule has 0 spiro atoms. The Morgan fingerprint density at radius 1 is 1.53 bits per heavy atom. The van der Waals surface area contributed by atoms with Crippen LogP contribution in [-0.4, -0.2) is 22.9 Å². The van der Waals surface area contributed by atoms with Gasteiger partial charge >= 0.3 is 0 Å². The molecule has 1 aromatic rings. The van der Waals surface area contributed by atoms with Crippen LogP contribution in [0.2, 0.25) is 5.02 Å². The fourth-order valence-corrected chi connectivity index (χ4v) is 2.52. The molecule has 1 aliphatic rings. The molecule has 1 fully saturated rings. The molecule has 0 saturated heterocycles. The largest absolute Gasteiger partial charge is 0.507 e. The van der Waals surface area contributed by atoms with Gasteiger partial charge in [0.15, 0.2) is 0 Å². The van der Waals surface area contributed by atoms with Crippen LogP contribution in [0.1, 0.15) is 23.2 Å². The molecule has 1 amide bonds. The summed E-state index contributed by atoms with van der Waals surface area (Å²) in [5, 5.41) is 13.7. The Balaban J connectivity index is 2.02. The van der Waals surface area contributed by atoms with Gasteiger partial charge in [-0.25, -0.2) is 0 Å². The lowest BCUT2D eigenvalue weighted by Gasteiger charge is -2.13. The second kappa shape index (κ2) is 4.86. The number of carbonyl (C=O) groups is 1. The number of hydrogen-bond acceptors (Lipinski definition) is 2. The van der Waals surface area contributed by atoms with Crippen molar-refractivity contribution in [3.63, 3.8) is 0 Å². The van der Waals surface area contributed by atoms with E-state index in [1.54, 1.807) is 6.07 Å². The number of aromatic hydroxyl groups is 1. The fourth-order valence-electron chi connectivity index (χ4n) is 1.59. The number of phenols is 1. The predicted octanol–water partition coefficient (Wildman–Crippen LogP) is 2.95. The summed E-state index contributed by atoms with van der Waals surface area (Å²) in [6.07, 6.45) is 2.25. The molecule has 2 rings (SSSR count). The topological polar surface area (TPSA) is 49.3 Å². The maximum Gasteiger partial charge on any atom is 0.255 e. The Morgan fingerprint density at radius 2 is 2.24 bits per heavy atom. The van der Waals surface area contributed by atoms with Gasteiger partial charge in [0, 0.05) is 16.9 Å². The first-order valence-electron chi connectivity index (χ1n) is 5.39. The van der Waals surface area contributed by atoms with Crippen molar-refractivity contribution >= 4 is 33.4 Å². The van der Waals surface area contributed by atoms with Crippen molar-refractivity contribution in [3.05, 3.63) is 28.8 Å². The third kappa shape index (κ3) is 2.93. The van der Waals surface area contributed by atoms with Crippen LogP contribution in [0.4, 0.5) is 0 Å². The zero-order chi connectivity index (χ0) is 12.5. The summed E-state index contributed by atoms with van der Waals surface area (Å²) in [6, 6.07) is 4.45. The Morgan fingerprint density at radius 3 is 2.82 bits per heavy atom. The molecule has 0 unspecified atom stereocenters. The highest BCUT2D eigenvalue weighted by Gasteiger charge is 2.41. The van der Waals surface area contributed by atoms with E-state index in [-0.39, 0.29) is 22.6 Å². The van der Waals surface area contributed by atoms with E-state index in [1.165, 1.54) is 12.1 Å². The summed E-state index contributed by atoms with van der Waals surface area (Å²) >= 11 is 9.24. The number of amides is 1. The number of carbonyl (C=O) groups excluding carboxylic acids is 1. The molecule has 2 N–H and O–H groups in total. The van der Waals surface area contributed by atoms with Crippen LogP contribution in [0.3, 0.4) is 0 Å². The van der Waals surface area contributed by atoms with Crippen molar-refractivity contribution in [1.82, 2.24) is 5.32 Å². The zero-order valence-electron chi connectivity index (χ0n) is 9.17. The van der Waals surface area contributed by atoms with Gasteiger partial charge in [0.1, 0.15) is 5.75 Å². The monoisotopic (exact) mass is 317 g/mol. The van der Waals surface area contributed by atoms with E-state index in [0.29, 0.717) is 11.6 Å². The quantitative estimate of drug-likeness (QED) is 0.839. The predicted molar refractivity (Wildman–Crippen MR) is 70.9 cm³/mol. The van der Waals surface area contributed by atoms with Crippen molar-refractivity contribution in [2.24, 2.45) is 5.41 Å². The third-order valence-corrected chi connectivity index (χ3v) is 4.49. The number of rotatable bonds is 4. The molecular formula is C12H13BrClNO2. The molecule has 0 bridgehead atoms. The van der Waals surface area contributed by atoms with E-state index in [2.05, 4.69) is 21.2 Å². The second-order valence-corrected chi connectivity index (χ2v) is 5.47. The molecule has 1 saturated carbocycles. The van der Waals surface area contributed by atoms with Crippen LogP contribution >= 0.6 is 27.5 Å². The number of hydrogen-bond donors (Lipinski definition) is 2. The van der Waals surface area contributed by atoms with Crippen LogP contribution in [0.5, 0.6) is 5.75 Å². The summed E-state index contributed by atoms with van der Waals surface area (Å²) in [5.74, 6) is -0.326. The lowest BCUT2D eigenvalue weighted by atomic mass is 10.1. The Bertz CT molecular complexity index is 446. The van der Waals surface area contributed by atoms with Crippen LogP contribution in [0.15, 0.2) is 18.2 Å². The van der Waals surface area contributed by atoms with Crippen molar-refractivity contribution < 1.29 is 9.90 Å². The summed E-state index contributed by atoms with van der Waals surface area (Å²) < 4.78 is 0. The molecule has 0 heterocycles. The Hall–Kier alpha value is -0.740. The summed E-state index contributed by atoms with van der Waals surface area (Å²) in [6.45, 7) is 0.628. The SMILES string of the molecule is O=C(NCC1(CBr)CC1)c1cc(Cl)ccc1O. The van der Waals surface area contributed by atoms with Gasteiger partial charge in [0.2, 0.25) is 0 Å². The molecule has 17 heavy (non-hydrogen) atoms. The van der Waals surface area contributed by atoms with E-state index >= 15 is 0 Å².